The minimum absolute atomic E-state index is 0.525. The second-order valence-corrected chi connectivity index (χ2v) is 9.38. The van der Waals surface area contributed by atoms with Crippen molar-refractivity contribution in [1.82, 2.24) is 19.7 Å². The second kappa shape index (κ2) is 9.14. The number of thiazole rings is 1. The molecule has 0 saturated heterocycles. The Labute approximate surface area is 186 Å². The molecule has 0 bridgehead atoms. The summed E-state index contributed by atoms with van der Waals surface area (Å²) in [5.41, 5.74) is 5.99. The monoisotopic (exact) mass is 434 g/mol. The molecular formula is C24H26N4S2. The van der Waals surface area contributed by atoms with E-state index in [0.717, 1.165) is 39.5 Å². The van der Waals surface area contributed by atoms with Gasteiger partial charge in [-0.25, -0.2) is 4.98 Å². The lowest BCUT2D eigenvalue weighted by molar-refractivity contribution is 0.687. The van der Waals surface area contributed by atoms with E-state index in [1.165, 1.54) is 16.7 Å². The molecule has 154 valence electrons. The molecule has 0 N–H and O–H groups in total. The van der Waals surface area contributed by atoms with Crippen molar-refractivity contribution in [3.8, 4) is 22.0 Å². The highest BCUT2D eigenvalue weighted by molar-refractivity contribution is 7.98. The largest absolute Gasteiger partial charge is 0.302 e. The molecule has 0 unspecified atom stereocenters. The molecule has 4 rings (SSSR count). The number of hydrogen-bond donors (Lipinski definition) is 0. The normalized spacial score (nSPS) is 11.4. The fraction of sp³-hybridized carbons (Fsp3) is 0.292. The number of rotatable bonds is 7. The van der Waals surface area contributed by atoms with Crippen LogP contribution >= 0.6 is 23.1 Å². The Balaban J connectivity index is 1.50. The molecule has 0 fully saturated rings. The molecule has 30 heavy (non-hydrogen) atoms. The molecule has 2 aromatic heterocycles. The highest BCUT2D eigenvalue weighted by atomic mass is 32.2. The van der Waals surface area contributed by atoms with Crippen LogP contribution in [0, 0.1) is 6.92 Å². The molecule has 0 aliphatic carbocycles. The van der Waals surface area contributed by atoms with Gasteiger partial charge in [-0.1, -0.05) is 74.1 Å². The van der Waals surface area contributed by atoms with E-state index in [0.29, 0.717) is 5.92 Å². The van der Waals surface area contributed by atoms with Crippen LogP contribution in [0.3, 0.4) is 0 Å². The first-order chi connectivity index (χ1) is 14.6. The summed E-state index contributed by atoms with van der Waals surface area (Å²) in [7, 11) is 0. The van der Waals surface area contributed by atoms with E-state index in [9.17, 15) is 0 Å². The number of aromatic nitrogens is 4. The van der Waals surface area contributed by atoms with Crippen molar-refractivity contribution in [3.63, 3.8) is 0 Å². The number of nitrogens with zero attached hydrogens (tertiary/aromatic N) is 4. The van der Waals surface area contributed by atoms with Gasteiger partial charge in [0.2, 0.25) is 0 Å². The van der Waals surface area contributed by atoms with E-state index >= 15 is 0 Å². The van der Waals surface area contributed by atoms with Crippen molar-refractivity contribution in [2.24, 2.45) is 0 Å². The van der Waals surface area contributed by atoms with Gasteiger partial charge in [0.1, 0.15) is 5.01 Å². The van der Waals surface area contributed by atoms with Crippen LogP contribution in [0.15, 0.2) is 59.1 Å². The van der Waals surface area contributed by atoms with Gasteiger partial charge < -0.3 is 4.57 Å². The maximum atomic E-state index is 4.84. The summed E-state index contributed by atoms with van der Waals surface area (Å²) in [5, 5.41) is 13.1. The molecule has 6 heteroatoms. The third-order valence-corrected chi connectivity index (χ3v) is 7.07. The summed E-state index contributed by atoms with van der Waals surface area (Å²) < 4.78 is 2.18. The van der Waals surface area contributed by atoms with Crippen molar-refractivity contribution in [2.75, 3.05) is 0 Å². The lowest BCUT2D eigenvalue weighted by Crippen LogP contribution is -2.00. The maximum Gasteiger partial charge on any atom is 0.191 e. The van der Waals surface area contributed by atoms with Gasteiger partial charge in [0.05, 0.1) is 5.69 Å². The van der Waals surface area contributed by atoms with Gasteiger partial charge in [0.25, 0.3) is 0 Å². The molecule has 0 radical (unpaired) electrons. The highest BCUT2D eigenvalue weighted by Crippen LogP contribution is 2.31. The molecule has 4 nitrogen and oxygen atoms in total. The topological polar surface area (TPSA) is 43.6 Å². The van der Waals surface area contributed by atoms with Crippen molar-refractivity contribution in [3.05, 3.63) is 70.7 Å². The zero-order chi connectivity index (χ0) is 21.1. The van der Waals surface area contributed by atoms with Crippen LogP contribution in [0.25, 0.3) is 22.0 Å². The summed E-state index contributed by atoms with van der Waals surface area (Å²) in [6.07, 6.45) is 0. The van der Waals surface area contributed by atoms with Gasteiger partial charge in [0, 0.05) is 28.8 Å². The highest BCUT2D eigenvalue weighted by Gasteiger charge is 2.15. The molecule has 0 aliphatic heterocycles. The van der Waals surface area contributed by atoms with Gasteiger partial charge in [-0.2, -0.15) is 0 Å². The van der Waals surface area contributed by atoms with Crippen LogP contribution in [0.1, 0.15) is 43.5 Å². The molecule has 0 spiro atoms. The number of thioether (sulfide) groups is 1. The van der Waals surface area contributed by atoms with Gasteiger partial charge in [-0.05, 0) is 30.9 Å². The summed E-state index contributed by atoms with van der Waals surface area (Å²) >= 11 is 3.39. The number of aryl methyl sites for hydroxylation is 1. The fourth-order valence-corrected chi connectivity index (χ4v) is 5.27. The van der Waals surface area contributed by atoms with Gasteiger partial charge >= 0.3 is 0 Å². The van der Waals surface area contributed by atoms with Crippen LogP contribution in [0.5, 0.6) is 0 Å². The van der Waals surface area contributed by atoms with E-state index in [1.807, 2.05) is 0 Å². The Kier molecular flexibility index (Phi) is 6.35. The predicted octanol–water partition coefficient (Wildman–Crippen LogP) is 6.81. The summed E-state index contributed by atoms with van der Waals surface area (Å²) in [6, 6.07) is 17.1. The standard InChI is InChI=1S/C24H26N4S2/c1-5-28-22(19-12-10-18(11-13-19)16(2)3)26-27-24(28)30-15-20-14-29-23(25-20)21-9-7-6-8-17(21)4/h6-14,16H,5,15H2,1-4H3. The zero-order valence-corrected chi connectivity index (χ0v) is 19.4. The summed E-state index contributed by atoms with van der Waals surface area (Å²) in [4.78, 5) is 4.84. The lowest BCUT2D eigenvalue weighted by Gasteiger charge is -2.09. The van der Waals surface area contributed by atoms with Crippen molar-refractivity contribution in [1.29, 1.82) is 0 Å². The van der Waals surface area contributed by atoms with E-state index < -0.39 is 0 Å². The molecule has 2 aromatic carbocycles. The molecule has 0 amide bonds. The second-order valence-electron chi connectivity index (χ2n) is 7.57. The average Bonchev–Trinajstić information content (AvgIpc) is 3.39. The Bertz CT molecular complexity index is 1130. The van der Waals surface area contributed by atoms with E-state index in [4.69, 9.17) is 4.98 Å². The van der Waals surface area contributed by atoms with Gasteiger partial charge in [-0.3, -0.25) is 0 Å². The first-order valence-electron chi connectivity index (χ1n) is 10.2. The first-order valence-corrected chi connectivity index (χ1v) is 12.1. The molecule has 2 heterocycles. The fourth-order valence-electron chi connectivity index (χ4n) is 3.36. The van der Waals surface area contributed by atoms with Crippen molar-refractivity contribution >= 4 is 23.1 Å². The summed E-state index contributed by atoms with van der Waals surface area (Å²) in [5.74, 6) is 2.23. The number of benzene rings is 2. The van der Waals surface area contributed by atoms with Gasteiger partial charge in [-0.15, -0.1) is 21.5 Å². The van der Waals surface area contributed by atoms with Crippen LogP contribution in [0.4, 0.5) is 0 Å². The first kappa shape index (κ1) is 20.8. The Morgan fingerprint density at radius 2 is 1.80 bits per heavy atom. The number of hydrogen-bond acceptors (Lipinski definition) is 5. The lowest BCUT2D eigenvalue weighted by atomic mass is 10.0. The smallest absolute Gasteiger partial charge is 0.191 e. The quantitative estimate of drug-likeness (QED) is 0.300. The average molecular weight is 435 g/mol. The van der Waals surface area contributed by atoms with Crippen LogP contribution in [0.2, 0.25) is 0 Å². The Morgan fingerprint density at radius 3 is 2.50 bits per heavy atom. The SMILES string of the molecule is CCn1c(SCc2csc(-c3ccccc3C)n2)nnc1-c1ccc(C(C)C)cc1. The van der Waals surface area contributed by atoms with E-state index in [-0.39, 0.29) is 0 Å². The summed E-state index contributed by atoms with van der Waals surface area (Å²) in [6.45, 7) is 9.52. The molecule has 0 atom stereocenters. The third-order valence-electron chi connectivity index (χ3n) is 5.14. The predicted molar refractivity (Wildman–Crippen MR) is 127 cm³/mol. The third kappa shape index (κ3) is 4.35. The minimum atomic E-state index is 0.525. The van der Waals surface area contributed by atoms with Crippen molar-refractivity contribution in [2.45, 2.75) is 51.1 Å². The Morgan fingerprint density at radius 1 is 1.03 bits per heavy atom. The molecule has 4 aromatic rings. The zero-order valence-electron chi connectivity index (χ0n) is 17.8. The molecule has 0 saturated carbocycles. The van der Waals surface area contributed by atoms with E-state index in [2.05, 4.69) is 96.4 Å². The Hall–Kier alpha value is -2.44. The van der Waals surface area contributed by atoms with Crippen LogP contribution in [-0.2, 0) is 12.3 Å². The van der Waals surface area contributed by atoms with Crippen LogP contribution < -0.4 is 0 Å². The maximum absolute atomic E-state index is 4.84. The molecule has 0 aliphatic rings. The van der Waals surface area contributed by atoms with Crippen LogP contribution in [-0.4, -0.2) is 19.7 Å². The van der Waals surface area contributed by atoms with Crippen molar-refractivity contribution < 1.29 is 0 Å². The minimum Gasteiger partial charge on any atom is -0.302 e. The van der Waals surface area contributed by atoms with E-state index in [1.54, 1.807) is 23.1 Å². The van der Waals surface area contributed by atoms with Gasteiger partial charge in [0.15, 0.2) is 11.0 Å². The molecular weight excluding hydrogens is 408 g/mol.